The highest BCUT2D eigenvalue weighted by Gasteiger charge is 2.21. The summed E-state index contributed by atoms with van der Waals surface area (Å²) < 4.78 is 6.08. The minimum atomic E-state index is -0.559. The summed E-state index contributed by atoms with van der Waals surface area (Å²) in [5, 5.41) is 3.11. The van der Waals surface area contributed by atoms with E-state index in [-0.39, 0.29) is 11.9 Å². The molecule has 1 saturated heterocycles. The van der Waals surface area contributed by atoms with Gasteiger partial charge in [-0.05, 0) is 80.3 Å². The van der Waals surface area contributed by atoms with E-state index in [1.807, 2.05) is 26.8 Å². The molecule has 1 fully saturated rings. The molecule has 0 aliphatic carbocycles. The number of amides is 1. The number of nitrogens with zero attached hydrogens (tertiary/aromatic N) is 1. The molecule has 1 aliphatic heterocycles. The number of carbonyl (C=O) groups is 1. The standard InChI is InChI=1S/C27H38N2O2/c1-18(2)25-14-9-19(3)16-26(25)31-22(6)27(30)28-21(5)23-10-12-24(13-11-23)29-15-7-8-20(4)17-29/h9-14,16,18,20-22H,7-8,15,17H2,1-6H3,(H,28,30). The predicted molar refractivity (Wildman–Crippen MR) is 129 cm³/mol. The Morgan fingerprint density at radius 1 is 1.10 bits per heavy atom. The van der Waals surface area contributed by atoms with Gasteiger partial charge in [-0.25, -0.2) is 0 Å². The van der Waals surface area contributed by atoms with Crippen LogP contribution in [-0.2, 0) is 4.79 Å². The highest BCUT2D eigenvalue weighted by molar-refractivity contribution is 5.81. The van der Waals surface area contributed by atoms with Crippen molar-refractivity contribution in [2.75, 3.05) is 18.0 Å². The van der Waals surface area contributed by atoms with Crippen molar-refractivity contribution >= 4 is 11.6 Å². The third-order valence-electron chi connectivity index (χ3n) is 6.24. The Hall–Kier alpha value is -2.49. The maximum Gasteiger partial charge on any atom is 0.261 e. The molecule has 1 aliphatic rings. The third-order valence-corrected chi connectivity index (χ3v) is 6.24. The molecular weight excluding hydrogens is 384 g/mol. The van der Waals surface area contributed by atoms with Crippen molar-refractivity contribution < 1.29 is 9.53 Å². The van der Waals surface area contributed by atoms with Crippen molar-refractivity contribution in [3.63, 3.8) is 0 Å². The summed E-state index contributed by atoms with van der Waals surface area (Å²) in [5.41, 5.74) is 4.63. The molecule has 3 rings (SSSR count). The first-order valence-corrected chi connectivity index (χ1v) is 11.7. The summed E-state index contributed by atoms with van der Waals surface area (Å²) in [6, 6.07) is 14.7. The van der Waals surface area contributed by atoms with E-state index in [0.717, 1.165) is 41.4 Å². The van der Waals surface area contributed by atoms with Gasteiger partial charge in [0.15, 0.2) is 6.10 Å². The number of anilines is 1. The summed E-state index contributed by atoms with van der Waals surface area (Å²) in [6.07, 6.45) is 2.02. The van der Waals surface area contributed by atoms with Crippen LogP contribution in [-0.4, -0.2) is 25.1 Å². The highest BCUT2D eigenvalue weighted by atomic mass is 16.5. The van der Waals surface area contributed by atoms with Crippen molar-refractivity contribution in [3.05, 3.63) is 59.2 Å². The van der Waals surface area contributed by atoms with Gasteiger partial charge >= 0.3 is 0 Å². The molecule has 0 bridgehead atoms. The number of ether oxygens (including phenoxy) is 1. The number of carbonyl (C=O) groups excluding carboxylic acids is 1. The van der Waals surface area contributed by atoms with Crippen LogP contribution >= 0.6 is 0 Å². The fourth-order valence-corrected chi connectivity index (χ4v) is 4.28. The number of hydrogen-bond acceptors (Lipinski definition) is 3. The second-order valence-corrected chi connectivity index (χ2v) is 9.47. The second kappa shape index (κ2) is 10.2. The van der Waals surface area contributed by atoms with Gasteiger partial charge in [0, 0.05) is 18.8 Å². The van der Waals surface area contributed by atoms with E-state index >= 15 is 0 Å². The van der Waals surface area contributed by atoms with Crippen LogP contribution < -0.4 is 15.0 Å². The molecule has 4 nitrogen and oxygen atoms in total. The fourth-order valence-electron chi connectivity index (χ4n) is 4.28. The van der Waals surface area contributed by atoms with Crippen LogP contribution in [0, 0.1) is 12.8 Å². The van der Waals surface area contributed by atoms with Crippen LogP contribution in [0.2, 0.25) is 0 Å². The number of benzene rings is 2. The Balaban J connectivity index is 1.60. The van der Waals surface area contributed by atoms with Gasteiger partial charge in [0.2, 0.25) is 0 Å². The first-order valence-electron chi connectivity index (χ1n) is 11.7. The zero-order valence-electron chi connectivity index (χ0n) is 19.9. The van der Waals surface area contributed by atoms with Crippen LogP contribution in [0.1, 0.15) is 76.1 Å². The Morgan fingerprint density at radius 3 is 2.45 bits per heavy atom. The van der Waals surface area contributed by atoms with Crippen LogP contribution in [0.4, 0.5) is 5.69 Å². The lowest BCUT2D eigenvalue weighted by Crippen LogP contribution is -2.38. The molecule has 1 heterocycles. The van der Waals surface area contributed by atoms with Gasteiger partial charge in [-0.15, -0.1) is 0 Å². The van der Waals surface area contributed by atoms with Gasteiger partial charge in [-0.1, -0.05) is 45.0 Å². The predicted octanol–water partition coefficient (Wildman–Crippen LogP) is 6.00. The Labute approximate surface area is 188 Å². The smallest absolute Gasteiger partial charge is 0.261 e. The minimum absolute atomic E-state index is 0.0741. The Kier molecular flexibility index (Phi) is 7.64. The SMILES string of the molecule is Cc1ccc(C(C)C)c(OC(C)C(=O)NC(C)c2ccc(N3CCCC(C)C3)cc2)c1. The molecule has 0 aromatic heterocycles. The topological polar surface area (TPSA) is 41.6 Å². The van der Waals surface area contributed by atoms with Crippen LogP contribution in [0.5, 0.6) is 5.75 Å². The number of piperidine rings is 1. The lowest BCUT2D eigenvalue weighted by atomic mass is 9.99. The quantitative estimate of drug-likeness (QED) is 0.595. The summed E-state index contributed by atoms with van der Waals surface area (Å²) in [5.74, 6) is 1.78. The molecule has 0 radical (unpaired) electrons. The fraction of sp³-hybridized carbons (Fsp3) is 0.519. The Bertz CT molecular complexity index is 875. The number of rotatable bonds is 7. The van der Waals surface area contributed by atoms with Gasteiger partial charge in [0.25, 0.3) is 5.91 Å². The van der Waals surface area contributed by atoms with Crippen molar-refractivity contribution in [2.24, 2.45) is 5.92 Å². The molecule has 1 amide bonds. The summed E-state index contributed by atoms with van der Waals surface area (Å²) in [6.45, 7) is 14.7. The van der Waals surface area contributed by atoms with Crippen LogP contribution in [0.3, 0.4) is 0 Å². The molecule has 4 heteroatoms. The number of aryl methyl sites for hydroxylation is 1. The van der Waals surface area contributed by atoms with E-state index < -0.39 is 6.10 Å². The molecule has 2 aromatic carbocycles. The average molecular weight is 423 g/mol. The monoisotopic (exact) mass is 422 g/mol. The first-order chi connectivity index (χ1) is 14.7. The van der Waals surface area contributed by atoms with Crippen molar-refractivity contribution in [1.82, 2.24) is 5.32 Å². The van der Waals surface area contributed by atoms with Crippen LogP contribution in [0.25, 0.3) is 0 Å². The average Bonchev–Trinajstić information content (AvgIpc) is 2.73. The van der Waals surface area contributed by atoms with E-state index in [9.17, 15) is 4.79 Å². The summed E-state index contributed by atoms with van der Waals surface area (Å²) in [4.78, 5) is 15.3. The lowest BCUT2D eigenvalue weighted by Gasteiger charge is -2.33. The van der Waals surface area contributed by atoms with E-state index in [4.69, 9.17) is 4.74 Å². The van der Waals surface area contributed by atoms with E-state index in [2.05, 4.69) is 67.4 Å². The molecule has 2 aromatic rings. The van der Waals surface area contributed by atoms with Gasteiger partial charge in [-0.2, -0.15) is 0 Å². The third kappa shape index (κ3) is 6.03. The van der Waals surface area contributed by atoms with Gasteiger partial charge in [0.05, 0.1) is 6.04 Å². The normalized spacial score (nSPS) is 18.5. The highest BCUT2D eigenvalue weighted by Crippen LogP contribution is 2.29. The van der Waals surface area contributed by atoms with E-state index in [0.29, 0.717) is 5.92 Å². The van der Waals surface area contributed by atoms with Crippen molar-refractivity contribution in [2.45, 2.75) is 72.4 Å². The van der Waals surface area contributed by atoms with Gasteiger partial charge < -0.3 is 15.0 Å². The molecule has 1 N–H and O–H groups in total. The molecule has 31 heavy (non-hydrogen) atoms. The summed E-state index contributed by atoms with van der Waals surface area (Å²) >= 11 is 0. The molecule has 3 unspecified atom stereocenters. The molecule has 168 valence electrons. The number of hydrogen-bond donors (Lipinski definition) is 1. The van der Waals surface area contributed by atoms with Crippen molar-refractivity contribution in [3.8, 4) is 5.75 Å². The zero-order valence-corrected chi connectivity index (χ0v) is 19.9. The van der Waals surface area contributed by atoms with Crippen molar-refractivity contribution in [1.29, 1.82) is 0 Å². The molecule has 0 saturated carbocycles. The molecular formula is C27H38N2O2. The first kappa shape index (κ1) is 23.2. The van der Waals surface area contributed by atoms with Crippen LogP contribution in [0.15, 0.2) is 42.5 Å². The maximum atomic E-state index is 12.8. The molecule has 0 spiro atoms. The van der Waals surface area contributed by atoms with E-state index in [1.54, 1.807) is 0 Å². The van der Waals surface area contributed by atoms with Gasteiger partial charge in [-0.3, -0.25) is 4.79 Å². The largest absolute Gasteiger partial charge is 0.481 e. The summed E-state index contributed by atoms with van der Waals surface area (Å²) in [7, 11) is 0. The second-order valence-electron chi connectivity index (χ2n) is 9.47. The van der Waals surface area contributed by atoms with Gasteiger partial charge in [0.1, 0.15) is 5.75 Å². The minimum Gasteiger partial charge on any atom is -0.481 e. The zero-order chi connectivity index (χ0) is 22.5. The molecule has 3 atom stereocenters. The van der Waals surface area contributed by atoms with E-state index in [1.165, 1.54) is 18.5 Å². The Morgan fingerprint density at radius 2 is 1.81 bits per heavy atom. The number of nitrogens with one attached hydrogen (secondary N) is 1. The lowest BCUT2D eigenvalue weighted by molar-refractivity contribution is -0.127. The maximum absolute atomic E-state index is 12.8.